The standard InChI is InChI=1S/C9H9N3O3/c13-4-7-1-2-8(3-10-7)14-5-9-11-6-15-12-9/h1-3,6,13H,4-5H2. The zero-order chi connectivity index (χ0) is 10.5. The maximum atomic E-state index is 8.77. The molecule has 2 heterocycles. The molecule has 0 aliphatic rings. The number of nitrogens with zero attached hydrogens (tertiary/aromatic N) is 3. The first kappa shape index (κ1) is 9.60. The Morgan fingerprint density at radius 3 is 2.87 bits per heavy atom. The highest BCUT2D eigenvalue weighted by molar-refractivity contribution is 5.19. The number of hydrogen-bond donors (Lipinski definition) is 1. The molecule has 6 heteroatoms. The van der Waals surface area contributed by atoms with Gasteiger partial charge < -0.3 is 14.4 Å². The number of rotatable bonds is 4. The van der Waals surface area contributed by atoms with Crippen LogP contribution < -0.4 is 4.74 Å². The van der Waals surface area contributed by atoms with Crippen molar-refractivity contribution in [2.45, 2.75) is 13.2 Å². The van der Waals surface area contributed by atoms with Gasteiger partial charge in [-0.1, -0.05) is 5.16 Å². The topological polar surface area (TPSA) is 81.3 Å². The van der Waals surface area contributed by atoms with E-state index < -0.39 is 0 Å². The van der Waals surface area contributed by atoms with Crippen molar-refractivity contribution in [2.75, 3.05) is 0 Å². The molecule has 0 aromatic carbocycles. The SMILES string of the molecule is OCc1ccc(OCc2ncon2)cn1. The van der Waals surface area contributed by atoms with Gasteiger partial charge in [0.05, 0.1) is 18.5 Å². The smallest absolute Gasteiger partial charge is 0.213 e. The Morgan fingerprint density at radius 1 is 1.33 bits per heavy atom. The van der Waals surface area contributed by atoms with Crippen LogP contribution in [0.15, 0.2) is 29.2 Å². The molecule has 2 aromatic heterocycles. The van der Waals surface area contributed by atoms with Crippen LogP contribution >= 0.6 is 0 Å². The van der Waals surface area contributed by atoms with Crippen molar-refractivity contribution < 1.29 is 14.4 Å². The molecule has 0 radical (unpaired) electrons. The maximum absolute atomic E-state index is 8.77. The van der Waals surface area contributed by atoms with Gasteiger partial charge in [0.1, 0.15) is 5.75 Å². The van der Waals surface area contributed by atoms with Crippen LogP contribution in [-0.4, -0.2) is 20.2 Å². The van der Waals surface area contributed by atoms with E-state index in [0.717, 1.165) is 0 Å². The number of aliphatic hydroxyl groups is 1. The van der Waals surface area contributed by atoms with Crippen LogP contribution in [0, 0.1) is 0 Å². The van der Waals surface area contributed by atoms with Gasteiger partial charge in [0.2, 0.25) is 12.2 Å². The lowest BCUT2D eigenvalue weighted by atomic mass is 10.3. The lowest BCUT2D eigenvalue weighted by Crippen LogP contribution is -1.98. The molecule has 0 amide bonds. The summed E-state index contributed by atoms with van der Waals surface area (Å²) >= 11 is 0. The molecule has 0 spiro atoms. The summed E-state index contributed by atoms with van der Waals surface area (Å²) in [5.41, 5.74) is 0.599. The zero-order valence-corrected chi connectivity index (χ0v) is 7.83. The molecular formula is C9H9N3O3. The molecule has 0 saturated heterocycles. The Bertz CT molecular complexity index is 399. The van der Waals surface area contributed by atoms with Crippen LogP contribution in [0.1, 0.15) is 11.5 Å². The lowest BCUT2D eigenvalue weighted by molar-refractivity contribution is 0.273. The van der Waals surface area contributed by atoms with E-state index in [-0.39, 0.29) is 13.2 Å². The fraction of sp³-hybridized carbons (Fsp3) is 0.222. The summed E-state index contributed by atoms with van der Waals surface area (Å²) < 4.78 is 9.87. The van der Waals surface area contributed by atoms with E-state index in [1.165, 1.54) is 12.6 Å². The van der Waals surface area contributed by atoms with E-state index >= 15 is 0 Å². The molecule has 0 aliphatic heterocycles. The van der Waals surface area contributed by atoms with Gasteiger partial charge in [-0.05, 0) is 12.1 Å². The molecule has 78 valence electrons. The van der Waals surface area contributed by atoms with Crippen LogP contribution in [0.3, 0.4) is 0 Å². The fourth-order valence-electron chi connectivity index (χ4n) is 0.994. The molecule has 0 fully saturated rings. The second-order valence-electron chi connectivity index (χ2n) is 2.78. The van der Waals surface area contributed by atoms with Crippen molar-refractivity contribution in [2.24, 2.45) is 0 Å². The minimum absolute atomic E-state index is 0.0783. The van der Waals surface area contributed by atoms with Crippen LogP contribution in [0.2, 0.25) is 0 Å². The molecule has 0 atom stereocenters. The lowest BCUT2D eigenvalue weighted by Gasteiger charge is -2.02. The van der Waals surface area contributed by atoms with E-state index in [2.05, 4.69) is 19.6 Å². The Hall–Kier alpha value is -1.95. The summed E-state index contributed by atoms with van der Waals surface area (Å²) in [6, 6.07) is 3.41. The first-order valence-corrected chi connectivity index (χ1v) is 4.32. The predicted octanol–water partition coefficient (Wildman–Crippen LogP) is 0.536. The van der Waals surface area contributed by atoms with Crippen molar-refractivity contribution in [1.82, 2.24) is 15.1 Å². The average molecular weight is 207 g/mol. The normalized spacial score (nSPS) is 10.2. The van der Waals surface area contributed by atoms with E-state index in [0.29, 0.717) is 17.3 Å². The van der Waals surface area contributed by atoms with Gasteiger partial charge >= 0.3 is 0 Å². The molecule has 0 unspecified atom stereocenters. The average Bonchev–Trinajstić information content (AvgIpc) is 2.80. The Labute approximate surface area is 85.5 Å². The number of aliphatic hydroxyl groups excluding tert-OH is 1. The summed E-state index contributed by atoms with van der Waals surface area (Å²) in [7, 11) is 0. The number of aromatic nitrogens is 3. The van der Waals surface area contributed by atoms with E-state index in [9.17, 15) is 0 Å². The van der Waals surface area contributed by atoms with Crippen molar-refractivity contribution in [3.8, 4) is 5.75 Å². The molecule has 1 N–H and O–H groups in total. The first-order valence-electron chi connectivity index (χ1n) is 4.32. The van der Waals surface area contributed by atoms with Gasteiger partial charge in [0.25, 0.3) is 0 Å². The molecule has 2 rings (SSSR count). The maximum Gasteiger partial charge on any atom is 0.213 e. The first-order chi connectivity index (χ1) is 7.38. The third kappa shape index (κ3) is 2.50. The van der Waals surface area contributed by atoms with Gasteiger partial charge in [-0.3, -0.25) is 4.98 Å². The van der Waals surface area contributed by atoms with Crippen molar-refractivity contribution in [1.29, 1.82) is 0 Å². The van der Waals surface area contributed by atoms with Crippen molar-refractivity contribution >= 4 is 0 Å². The van der Waals surface area contributed by atoms with E-state index in [4.69, 9.17) is 9.84 Å². The van der Waals surface area contributed by atoms with Crippen molar-refractivity contribution in [3.63, 3.8) is 0 Å². The molecule has 6 nitrogen and oxygen atoms in total. The largest absolute Gasteiger partial charge is 0.484 e. The van der Waals surface area contributed by atoms with Gasteiger partial charge in [0.15, 0.2) is 6.61 Å². The Morgan fingerprint density at radius 2 is 2.27 bits per heavy atom. The number of ether oxygens (including phenoxy) is 1. The molecule has 0 bridgehead atoms. The third-order valence-corrected chi connectivity index (χ3v) is 1.73. The molecule has 0 aliphatic carbocycles. The second-order valence-corrected chi connectivity index (χ2v) is 2.78. The van der Waals surface area contributed by atoms with Gasteiger partial charge in [0, 0.05) is 0 Å². The Kier molecular flexibility index (Phi) is 2.89. The summed E-state index contributed by atoms with van der Waals surface area (Å²) in [6.07, 6.45) is 2.78. The highest BCUT2D eigenvalue weighted by atomic mass is 16.5. The van der Waals surface area contributed by atoms with Crippen LogP contribution in [0.5, 0.6) is 5.75 Å². The van der Waals surface area contributed by atoms with Crippen LogP contribution in [-0.2, 0) is 13.2 Å². The number of hydrogen-bond acceptors (Lipinski definition) is 6. The zero-order valence-electron chi connectivity index (χ0n) is 7.83. The summed E-state index contributed by atoms with van der Waals surface area (Å²) in [4.78, 5) is 7.76. The molecule has 0 saturated carbocycles. The van der Waals surface area contributed by atoms with Crippen molar-refractivity contribution in [3.05, 3.63) is 36.2 Å². The minimum atomic E-state index is -0.0783. The Balaban J connectivity index is 1.93. The van der Waals surface area contributed by atoms with Crippen LogP contribution in [0.4, 0.5) is 0 Å². The minimum Gasteiger partial charge on any atom is -0.484 e. The van der Waals surface area contributed by atoms with E-state index in [1.54, 1.807) is 12.1 Å². The van der Waals surface area contributed by atoms with Gasteiger partial charge in [-0.2, -0.15) is 4.98 Å². The molecule has 2 aromatic rings. The summed E-state index contributed by atoms with van der Waals surface area (Å²) in [5.74, 6) is 1.07. The number of pyridine rings is 1. The molecule has 15 heavy (non-hydrogen) atoms. The molecular weight excluding hydrogens is 198 g/mol. The monoisotopic (exact) mass is 207 g/mol. The summed E-state index contributed by atoms with van der Waals surface area (Å²) in [6.45, 7) is 0.155. The highest BCUT2D eigenvalue weighted by Crippen LogP contribution is 2.10. The fourth-order valence-corrected chi connectivity index (χ4v) is 0.994. The van der Waals surface area contributed by atoms with E-state index in [1.807, 2.05) is 0 Å². The highest BCUT2D eigenvalue weighted by Gasteiger charge is 2.00. The second kappa shape index (κ2) is 4.52. The van der Waals surface area contributed by atoms with Gasteiger partial charge in [-0.25, -0.2) is 0 Å². The quantitative estimate of drug-likeness (QED) is 0.787. The summed E-state index contributed by atoms with van der Waals surface area (Å²) in [5, 5.41) is 12.4. The van der Waals surface area contributed by atoms with Crippen LogP contribution in [0.25, 0.3) is 0 Å². The third-order valence-electron chi connectivity index (χ3n) is 1.73. The predicted molar refractivity (Wildman–Crippen MR) is 48.8 cm³/mol. The van der Waals surface area contributed by atoms with Gasteiger partial charge in [-0.15, -0.1) is 0 Å².